The number of hydrogen-bond acceptors (Lipinski definition) is 3. The Morgan fingerprint density at radius 2 is 1.83 bits per heavy atom. The van der Waals surface area contributed by atoms with Gasteiger partial charge in [-0.05, 0) is 78.5 Å². The number of aliphatic hydroxyl groups excluding tert-OH is 1. The normalized spacial score (nSPS) is 29.3. The Labute approximate surface area is 223 Å². The molecule has 6 atom stereocenters. The lowest BCUT2D eigenvalue weighted by atomic mass is 9.63. The number of aliphatic hydroxyl groups is 1. The number of ether oxygens (including phenoxy) is 1. The highest BCUT2D eigenvalue weighted by molar-refractivity contribution is 6.74. The van der Waals surface area contributed by atoms with E-state index in [0.29, 0.717) is 30.3 Å². The van der Waals surface area contributed by atoms with Gasteiger partial charge in [0.1, 0.15) is 0 Å². The molecule has 0 saturated heterocycles. The van der Waals surface area contributed by atoms with Gasteiger partial charge in [0, 0.05) is 19.3 Å². The molecule has 0 aliphatic heterocycles. The fourth-order valence-electron chi connectivity index (χ4n) is 6.26. The van der Waals surface area contributed by atoms with Crippen molar-refractivity contribution in [3.63, 3.8) is 0 Å². The zero-order valence-electron chi connectivity index (χ0n) is 24.3. The number of allylic oxidation sites excluding steroid dienone is 2. The van der Waals surface area contributed by atoms with Gasteiger partial charge < -0.3 is 14.3 Å². The quantitative estimate of drug-likeness (QED) is 0.163. The Kier molecular flexibility index (Phi) is 10.5. The first-order valence-corrected chi connectivity index (χ1v) is 17.5. The molecule has 0 unspecified atom stereocenters. The van der Waals surface area contributed by atoms with Crippen LogP contribution in [0.25, 0.3) is 0 Å². The van der Waals surface area contributed by atoms with Crippen molar-refractivity contribution in [2.75, 3.05) is 13.2 Å². The summed E-state index contributed by atoms with van der Waals surface area (Å²) in [5, 5.41) is 10.8. The van der Waals surface area contributed by atoms with Gasteiger partial charge in [-0.3, -0.25) is 0 Å². The minimum Gasteiger partial charge on any atom is -0.414 e. The van der Waals surface area contributed by atoms with Crippen LogP contribution in [0.1, 0.15) is 85.1 Å². The molecular formula is C32H54O3Si. The largest absolute Gasteiger partial charge is 0.414 e. The number of hydrogen-bond donors (Lipinski definition) is 1. The first kappa shape index (κ1) is 29.6. The molecule has 0 bridgehead atoms. The number of unbranched alkanes of at least 4 members (excludes halogenated alkanes) is 1. The van der Waals surface area contributed by atoms with E-state index < -0.39 is 8.32 Å². The van der Waals surface area contributed by atoms with Crippen LogP contribution in [-0.2, 0) is 15.8 Å². The van der Waals surface area contributed by atoms with Gasteiger partial charge >= 0.3 is 0 Å². The van der Waals surface area contributed by atoms with E-state index in [9.17, 15) is 5.11 Å². The van der Waals surface area contributed by atoms with Crippen LogP contribution in [-0.4, -0.2) is 32.7 Å². The van der Waals surface area contributed by atoms with Crippen LogP contribution >= 0.6 is 0 Å². The molecule has 2 aliphatic rings. The second-order valence-corrected chi connectivity index (χ2v) is 18.3. The van der Waals surface area contributed by atoms with E-state index in [4.69, 9.17) is 9.16 Å². The third-order valence-electron chi connectivity index (χ3n) is 9.67. The Bertz CT molecular complexity index is 814. The van der Waals surface area contributed by atoms with E-state index in [1.807, 2.05) is 6.07 Å². The summed E-state index contributed by atoms with van der Waals surface area (Å²) >= 11 is 0. The molecule has 0 spiro atoms. The van der Waals surface area contributed by atoms with Gasteiger partial charge in [0.25, 0.3) is 0 Å². The van der Waals surface area contributed by atoms with Crippen LogP contribution in [0.2, 0.25) is 18.1 Å². The van der Waals surface area contributed by atoms with Crippen molar-refractivity contribution in [1.29, 1.82) is 0 Å². The van der Waals surface area contributed by atoms with Gasteiger partial charge in [-0.25, -0.2) is 0 Å². The van der Waals surface area contributed by atoms with Crippen molar-refractivity contribution >= 4 is 8.32 Å². The van der Waals surface area contributed by atoms with Crippen LogP contribution in [0.4, 0.5) is 0 Å². The molecule has 0 aromatic heterocycles. The standard InChI is InChI=1S/C32H54O3Si/c1-25(13-11-12-22-34-24-26-14-9-8-10-15-26)16-17-27-18-20-32(5)21-19-29(30(32)28(27)23-33)35-36(6,7)31(2,3)4/h8-10,14-15,18,20,25,27-30,33H,11-13,16-17,19,21-24H2,1-7H3/t25-,27+,28+,29-,30+,32-/m0/s1. The van der Waals surface area contributed by atoms with Gasteiger partial charge in [-0.15, -0.1) is 0 Å². The summed E-state index contributed by atoms with van der Waals surface area (Å²) in [4.78, 5) is 0. The number of rotatable bonds is 13. The molecule has 1 fully saturated rings. The zero-order chi connectivity index (χ0) is 26.4. The first-order chi connectivity index (χ1) is 17.0. The Balaban J connectivity index is 1.46. The van der Waals surface area contributed by atoms with Crippen molar-refractivity contribution in [2.45, 2.75) is 110 Å². The lowest BCUT2D eigenvalue weighted by Crippen LogP contribution is -2.49. The maximum Gasteiger partial charge on any atom is 0.192 e. The molecule has 1 aromatic rings. The van der Waals surface area contributed by atoms with Gasteiger partial charge in [0.2, 0.25) is 0 Å². The van der Waals surface area contributed by atoms with Crippen LogP contribution in [0.15, 0.2) is 42.5 Å². The van der Waals surface area contributed by atoms with E-state index >= 15 is 0 Å². The topological polar surface area (TPSA) is 38.7 Å². The summed E-state index contributed by atoms with van der Waals surface area (Å²) in [6.45, 7) is 18.4. The first-order valence-electron chi connectivity index (χ1n) is 14.6. The van der Waals surface area contributed by atoms with Crippen LogP contribution < -0.4 is 0 Å². The van der Waals surface area contributed by atoms with Crippen LogP contribution in [0.5, 0.6) is 0 Å². The molecule has 204 valence electrons. The maximum atomic E-state index is 10.6. The minimum absolute atomic E-state index is 0.169. The summed E-state index contributed by atoms with van der Waals surface area (Å²) in [6.07, 6.45) is 13.6. The smallest absolute Gasteiger partial charge is 0.192 e. The highest BCUT2D eigenvalue weighted by Crippen LogP contribution is 2.56. The van der Waals surface area contributed by atoms with Gasteiger partial charge in [-0.1, -0.05) is 96.4 Å². The number of benzene rings is 1. The molecule has 1 saturated carbocycles. The molecular weight excluding hydrogens is 460 g/mol. The fraction of sp³-hybridized carbons (Fsp3) is 0.750. The Hall–Kier alpha value is -0.943. The van der Waals surface area contributed by atoms with Crippen molar-refractivity contribution in [1.82, 2.24) is 0 Å². The van der Waals surface area contributed by atoms with Crippen LogP contribution in [0.3, 0.4) is 0 Å². The molecule has 36 heavy (non-hydrogen) atoms. The van der Waals surface area contributed by atoms with E-state index in [2.05, 4.69) is 84.1 Å². The van der Waals surface area contributed by atoms with E-state index in [1.165, 1.54) is 37.7 Å². The highest BCUT2D eigenvalue weighted by atomic mass is 28.4. The summed E-state index contributed by atoms with van der Waals surface area (Å²) in [5.74, 6) is 1.93. The molecule has 3 rings (SSSR count). The molecule has 0 heterocycles. The molecule has 0 amide bonds. The fourth-order valence-corrected chi connectivity index (χ4v) is 7.64. The SMILES string of the molecule is C[C@@H](CCCCOCc1ccccc1)CC[C@@H]1C=C[C@@]2(C)CC[C@H](O[Si](C)(C)C(C)(C)C)[C@H]2[C@@H]1CO. The summed E-state index contributed by atoms with van der Waals surface area (Å²) in [6, 6.07) is 10.4. The third kappa shape index (κ3) is 7.55. The summed E-state index contributed by atoms with van der Waals surface area (Å²) in [7, 11) is -1.84. The monoisotopic (exact) mass is 514 g/mol. The third-order valence-corrected chi connectivity index (χ3v) is 14.2. The van der Waals surface area contributed by atoms with Crippen molar-refractivity contribution < 1.29 is 14.3 Å². The molecule has 4 heteroatoms. The molecule has 2 aliphatic carbocycles. The predicted octanol–water partition coefficient (Wildman–Crippen LogP) is 8.39. The van der Waals surface area contributed by atoms with Crippen molar-refractivity contribution in [3.05, 3.63) is 48.0 Å². The summed E-state index contributed by atoms with van der Waals surface area (Å²) < 4.78 is 12.9. The maximum absolute atomic E-state index is 10.6. The average Bonchev–Trinajstić information content (AvgIpc) is 3.15. The molecule has 3 nitrogen and oxygen atoms in total. The predicted molar refractivity (Wildman–Crippen MR) is 154 cm³/mol. The minimum atomic E-state index is -1.84. The van der Waals surface area contributed by atoms with Crippen molar-refractivity contribution in [3.8, 4) is 0 Å². The van der Waals surface area contributed by atoms with Gasteiger partial charge in [0.05, 0.1) is 6.61 Å². The Morgan fingerprint density at radius 1 is 1.11 bits per heavy atom. The molecule has 0 radical (unpaired) electrons. The lowest BCUT2D eigenvalue weighted by molar-refractivity contribution is 0.0116. The Morgan fingerprint density at radius 3 is 2.50 bits per heavy atom. The van der Waals surface area contributed by atoms with E-state index in [0.717, 1.165) is 19.4 Å². The van der Waals surface area contributed by atoms with Crippen LogP contribution in [0, 0.1) is 29.1 Å². The van der Waals surface area contributed by atoms with Crippen molar-refractivity contribution in [2.24, 2.45) is 29.1 Å². The zero-order valence-corrected chi connectivity index (χ0v) is 25.3. The molecule has 1 aromatic carbocycles. The van der Waals surface area contributed by atoms with Gasteiger partial charge in [0.15, 0.2) is 8.32 Å². The highest BCUT2D eigenvalue weighted by Gasteiger charge is 2.53. The summed E-state index contributed by atoms with van der Waals surface area (Å²) in [5.41, 5.74) is 1.42. The lowest BCUT2D eigenvalue weighted by Gasteiger charge is -2.47. The second-order valence-electron chi connectivity index (χ2n) is 13.6. The van der Waals surface area contributed by atoms with E-state index in [-0.39, 0.29) is 23.2 Å². The van der Waals surface area contributed by atoms with Gasteiger partial charge in [-0.2, -0.15) is 0 Å². The van der Waals surface area contributed by atoms with E-state index in [1.54, 1.807) is 0 Å². The average molecular weight is 515 g/mol. The molecule has 1 N–H and O–H groups in total. The second kappa shape index (κ2) is 12.7. The number of fused-ring (bicyclic) bond motifs is 1.